The number of ether oxygens (including phenoxy) is 1. The van der Waals surface area contributed by atoms with Gasteiger partial charge in [-0.15, -0.1) is 0 Å². The van der Waals surface area contributed by atoms with Gasteiger partial charge >= 0.3 is 0 Å². The molecule has 3 nitrogen and oxygen atoms in total. The molecule has 0 heterocycles. The molecular weight excluding hydrogens is 250 g/mol. The van der Waals surface area contributed by atoms with Crippen LogP contribution in [0.4, 0.5) is 5.69 Å². The Morgan fingerprint density at radius 2 is 1.70 bits per heavy atom. The summed E-state index contributed by atoms with van der Waals surface area (Å²) in [5, 5.41) is 3.07. The molecule has 0 atom stereocenters. The third kappa shape index (κ3) is 3.72. The summed E-state index contributed by atoms with van der Waals surface area (Å²) in [5.41, 5.74) is 2.79. The van der Waals surface area contributed by atoms with Gasteiger partial charge in [0.15, 0.2) is 5.78 Å². The molecule has 0 aliphatic heterocycles. The van der Waals surface area contributed by atoms with Gasteiger partial charge in [0.2, 0.25) is 0 Å². The zero-order valence-corrected chi connectivity index (χ0v) is 11.6. The van der Waals surface area contributed by atoms with E-state index in [0.29, 0.717) is 5.56 Å². The highest BCUT2D eigenvalue weighted by Crippen LogP contribution is 2.12. The smallest absolute Gasteiger partial charge is 0.187 e. The van der Waals surface area contributed by atoms with Crippen molar-refractivity contribution >= 4 is 11.5 Å². The van der Waals surface area contributed by atoms with E-state index in [2.05, 4.69) is 5.32 Å². The van der Waals surface area contributed by atoms with Gasteiger partial charge < -0.3 is 10.1 Å². The Morgan fingerprint density at radius 3 is 2.30 bits per heavy atom. The number of carbonyl (C=O) groups is 1. The number of rotatable bonds is 5. The number of allylic oxidation sites excluding steroid dienone is 1. The third-order valence-corrected chi connectivity index (χ3v) is 2.91. The lowest BCUT2D eigenvalue weighted by Gasteiger charge is -2.02. The normalized spacial score (nSPS) is 10.5. The Bertz CT molecular complexity index is 598. The van der Waals surface area contributed by atoms with Gasteiger partial charge in [-0.1, -0.05) is 17.7 Å². The molecule has 0 aromatic heterocycles. The summed E-state index contributed by atoms with van der Waals surface area (Å²) in [6.45, 7) is 2.03. The molecule has 20 heavy (non-hydrogen) atoms. The summed E-state index contributed by atoms with van der Waals surface area (Å²) in [5.74, 6) is 0.690. The molecule has 3 heteroatoms. The first-order valence-corrected chi connectivity index (χ1v) is 6.37. The zero-order chi connectivity index (χ0) is 14.4. The molecule has 0 spiro atoms. The second-order valence-electron chi connectivity index (χ2n) is 4.44. The second kappa shape index (κ2) is 6.57. The maximum absolute atomic E-state index is 11.9. The molecular formula is C17H17NO2. The number of hydrogen-bond donors (Lipinski definition) is 1. The molecule has 1 N–H and O–H groups in total. The molecule has 102 valence electrons. The van der Waals surface area contributed by atoms with Crippen LogP contribution >= 0.6 is 0 Å². The summed E-state index contributed by atoms with van der Waals surface area (Å²) >= 11 is 0. The molecule has 0 aliphatic carbocycles. The molecule has 0 radical (unpaired) electrons. The van der Waals surface area contributed by atoms with Crippen LogP contribution in [0.25, 0.3) is 0 Å². The summed E-state index contributed by atoms with van der Waals surface area (Å²) in [4.78, 5) is 11.9. The minimum absolute atomic E-state index is 0.0488. The maximum Gasteiger partial charge on any atom is 0.187 e. The van der Waals surface area contributed by atoms with Crippen molar-refractivity contribution in [2.24, 2.45) is 0 Å². The van der Waals surface area contributed by atoms with Gasteiger partial charge in [-0.05, 0) is 43.3 Å². The van der Waals surface area contributed by atoms with E-state index in [1.54, 1.807) is 37.6 Å². The first-order valence-electron chi connectivity index (χ1n) is 6.37. The van der Waals surface area contributed by atoms with E-state index in [1.807, 2.05) is 31.2 Å². The van der Waals surface area contributed by atoms with E-state index in [0.717, 1.165) is 11.4 Å². The standard InChI is InChI=1S/C17H17NO2/c1-13-3-7-15(8-4-13)18-12-11-17(19)14-5-9-16(20-2)10-6-14/h3-12,18H,1-2H3/b12-11-. The van der Waals surface area contributed by atoms with E-state index >= 15 is 0 Å². The van der Waals surface area contributed by atoms with Crippen LogP contribution in [0.1, 0.15) is 15.9 Å². The van der Waals surface area contributed by atoms with Crippen molar-refractivity contribution in [1.29, 1.82) is 0 Å². The van der Waals surface area contributed by atoms with Crippen molar-refractivity contribution in [2.45, 2.75) is 6.92 Å². The highest BCUT2D eigenvalue weighted by atomic mass is 16.5. The van der Waals surface area contributed by atoms with Gasteiger partial charge in [0.25, 0.3) is 0 Å². The Hall–Kier alpha value is -2.55. The van der Waals surface area contributed by atoms with Crippen molar-refractivity contribution in [3.63, 3.8) is 0 Å². The number of nitrogens with one attached hydrogen (secondary N) is 1. The molecule has 0 fully saturated rings. The average Bonchev–Trinajstić information content (AvgIpc) is 2.49. The van der Waals surface area contributed by atoms with Crippen LogP contribution < -0.4 is 10.1 Å². The summed E-state index contributed by atoms with van der Waals surface area (Å²) in [6, 6.07) is 15.0. The lowest BCUT2D eigenvalue weighted by Crippen LogP contribution is -1.96. The van der Waals surface area contributed by atoms with Crippen LogP contribution in [0.5, 0.6) is 5.75 Å². The molecule has 0 saturated carbocycles. The summed E-state index contributed by atoms with van der Waals surface area (Å²) in [6.07, 6.45) is 3.17. The van der Waals surface area contributed by atoms with Crippen molar-refractivity contribution in [1.82, 2.24) is 0 Å². The Kier molecular flexibility index (Phi) is 4.56. The monoisotopic (exact) mass is 267 g/mol. The number of carbonyl (C=O) groups excluding carboxylic acids is 1. The predicted octanol–water partition coefficient (Wildman–Crippen LogP) is 3.81. The average molecular weight is 267 g/mol. The van der Waals surface area contributed by atoms with Gasteiger partial charge in [-0.25, -0.2) is 0 Å². The van der Waals surface area contributed by atoms with E-state index < -0.39 is 0 Å². The molecule has 2 aromatic carbocycles. The Labute approximate surface area is 118 Å². The molecule has 0 saturated heterocycles. The van der Waals surface area contributed by atoms with Gasteiger partial charge in [-0.2, -0.15) is 0 Å². The first kappa shape index (κ1) is 13.9. The molecule has 0 unspecified atom stereocenters. The molecule has 0 aliphatic rings. The minimum Gasteiger partial charge on any atom is -0.497 e. The first-order chi connectivity index (χ1) is 9.69. The Balaban J connectivity index is 1.96. The fourth-order valence-electron chi connectivity index (χ4n) is 1.71. The van der Waals surface area contributed by atoms with Crippen molar-refractivity contribution in [2.75, 3.05) is 12.4 Å². The van der Waals surface area contributed by atoms with Crippen molar-refractivity contribution in [3.05, 3.63) is 71.9 Å². The van der Waals surface area contributed by atoms with Crippen LogP contribution in [0.3, 0.4) is 0 Å². The van der Waals surface area contributed by atoms with Crippen LogP contribution in [0, 0.1) is 6.92 Å². The molecule has 0 bridgehead atoms. The molecule has 2 rings (SSSR count). The van der Waals surface area contributed by atoms with Gasteiger partial charge in [0.1, 0.15) is 5.75 Å². The van der Waals surface area contributed by atoms with Gasteiger partial charge in [-0.3, -0.25) is 4.79 Å². The van der Waals surface area contributed by atoms with Crippen LogP contribution in [-0.2, 0) is 0 Å². The minimum atomic E-state index is -0.0488. The van der Waals surface area contributed by atoms with Gasteiger partial charge in [0.05, 0.1) is 7.11 Å². The molecule has 2 aromatic rings. The molecule has 0 amide bonds. The van der Waals surface area contributed by atoms with Gasteiger partial charge in [0, 0.05) is 23.5 Å². The quantitative estimate of drug-likeness (QED) is 0.661. The predicted molar refractivity (Wildman–Crippen MR) is 81.3 cm³/mol. The zero-order valence-electron chi connectivity index (χ0n) is 11.6. The highest BCUT2D eigenvalue weighted by Gasteiger charge is 2.01. The maximum atomic E-state index is 11.9. The number of methoxy groups -OCH3 is 1. The topological polar surface area (TPSA) is 38.3 Å². The fourth-order valence-corrected chi connectivity index (χ4v) is 1.71. The van der Waals surface area contributed by atoms with Crippen LogP contribution in [-0.4, -0.2) is 12.9 Å². The summed E-state index contributed by atoms with van der Waals surface area (Å²) in [7, 11) is 1.60. The lowest BCUT2D eigenvalue weighted by atomic mass is 10.1. The number of hydrogen-bond acceptors (Lipinski definition) is 3. The van der Waals surface area contributed by atoms with Crippen molar-refractivity contribution in [3.8, 4) is 5.75 Å². The van der Waals surface area contributed by atoms with E-state index in [4.69, 9.17) is 4.74 Å². The number of ketones is 1. The highest BCUT2D eigenvalue weighted by molar-refractivity contribution is 6.04. The lowest BCUT2D eigenvalue weighted by molar-refractivity contribution is 0.104. The number of aryl methyl sites for hydroxylation is 1. The second-order valence-corrected chi connectivity index (χ2v) is 4.44. The fraction of sp³-hybridized carbons (Fsp3) is 0.118. The van der Waals surface area contributed by atoms with E-state index in [1.165, 1.54) is 11.6 Å². The largest absolute Gasteiger partial charge is 0.497 e. The van der Waals surface area contributed by atoms with Crippen LogP contribution in [0.15, 0.2) is 60.8 Å². The van der Waals surface area contributed by atoms with E-state index in [-0.39, 0.29) is 5.78 Å². The SMILES string of the molecule is COc1ccc(C(=O)/C=C\Nc2ccc(C)cc2)cc1. The third-order valence-electron chi connectivity index (χ3n) is 2.91. The van der Waals surface area contributed by atoms with E-state index in [9.17, 15) is 4.79 Å². The number of benzene rings is 2. The summed E-state index contributed by atoms with van der Waals surface area (Å²) < 4.78 is 5.06. The van der Waals surface area contributed by atoms with Crippen molar-refractivity contribution < 1.29 is 9.53 Å². The van der Waals surface area contributed by atoms with Crippen LogP contribution in [0.2, 0.25) is 0 Å². The number of anilines is 1. The Morgan fingerprint density at radius 1 is 1.05 bits per heavy atom.